The molecule has 0 spiro atoms. The lowest BCUT2D eigenvalue weighted by Crippen LogP contribution is -2.13. The van der Waals surface area contributed by atoms with Crippen LogP contribution in [0.15, 0.2) is 76.5 Å². The van der Waals surface area contributed by atoms with Crippen LogP contribution in [0.5, 0.6) is 5.75 Å². The number of aliphatic carboxylic acids is 1. The first-order chi connectivity index (χ1) is 15.7. The molecule has 170 valence electrons. The average molecular weight is 482 g/mol. The highest BCUT2D eigenvalue weighted by molar-refractivity contribution is 8.00. The van der Waals surface area contributed by atoms with Crippen LogP contribution < -0.4 is 4.72 Å². The molecule has 0 bridgehead atoms. The molecule has 0 amide bonds. The number of aromatic hydroxyl groups is 1. The molecule has 3 N–H and O–H groups in total. The van der Waals surface area contributed by atoms with E-state index in [1.165, 1.54) is 11.6 Å². The van der Waals surface area contributed by atoms with Gasteiger partial charge in [-0.3, -0.25) is 9.52 Å². The Morgan fingerprint density at radius 2 is 1.64 bits per heavy atom. The van der Waals surface area contributed by atoms with Gasteiger partial charge in [0.05, 0.1) is 21.2 Å². The van der Waals surface area contributed by atoms with Gasteiger partial charge < -0.3 is 10.2 Å². The number of carboxylic acids is 1. The van der Waals surface area contributed by atoms with Crippen LogP contribution in [0.3, 0.4) is 0 Å². The predicted molar refractivity (Wildman–Crippen MR) is 133 cm³/mol. The normalized spacial score (nSPS) is 11.8. The van der Waals surface area contributed by atoms with Crippen LogP contribution in [0, 0.1) is 0 Å². The topological polar surface area (TPSA) is 104 Å². The average Bonchev–Trinajstić information content (AvgIpc) is 2.79. The molecule has 0 aliphatic heterocycles. The predicted octanol–water partition coefficient (Wildman–Crippen LogP) is 5.80. The van der Waals surface area contributed by atoms with E-state index in [0.29, 0.717) is 16.7 Å². The first kappa shape index (κ1) is 22.9. The van der Waals surface area contributed by atoms with E-state index in [-0.39, 0.29) is 27.0 Å². The molecular formula is C25H23NO5S2. The van der Waals surface area contributed by atoms with Crippen molar-refractivity contribution in [2.24, 2.45) is 0 Å². The summed E-state index contributed by atoms with van der Waals surface area (Å²) in [5.41, 5.74) is 1.45. The Hall–Kier alpha value is -3.23. The van der Waals surface area contributed by atoms with Gasteiger partial charge in [-0.15, -0.1) is 11.8 Å². The second-order valence-corrected chi connectivity index (χ2v) is 10.7. The smallest absolute Gasteiger partial charge is 0.313 e. The second-order valence-electron chi connectivity index (χ2n) is 8.03. The van der Waals surface area contributed by atoms with Gasteiger partial charge in [0, 0.05) is 10.8 Å². The highest BCUT2D eigenvalue weighted by Gasteiger charge is 2.19. The number of hydrogen-bond donors (Lipinski definition) is 3. The lowest BCUT2D eigenvalue weighted by Gasteiger charge is -2.15. The van der Waals surface area contributed by atoms with Crippen LogP contribution in [0.1, 0.15) is 25.3 Å². The Balaban J connectivity index is 1.75. The zero-order chi connectivity index (χ0) is 23.8. The Labute approximate surface area is 196 Å². The fraction of sp³-hybridized carbons (Fsp3) is 0.160. The number of hydrogen-bond acceptors (Lipinski definition) is 5. The molecule has 0 radical (unpaired) electrons. The standard InChI is InChI=1S/C25H23NO5S2/c1-15(2)16-7-8-18-12-19(10-9-17(18)11-16)33(30,31)26-22-13-23(32-14-24(27)28)25(29)21-6-4-3-5-20(21)22/h3-13,15,26,29H,14H2,1-2H3,(H,27,28). The van der Waals surface area contributed by atoms with Gasteiger partial charge in [0.1, 0.15) is 5.75 Å². The van der Waals surface area contributed by atoms with Crippen LogP contribution >= 0.6 is 11.8 Å². The summed E-state index contributed by atoms with van der Waals surface area (Å²) in [6, 6.07) is 19.3. The minimum atomic E-state index is -3.94. The number of thioether (sulfide) groups is 1. The third kappa shape index (κ3) is 4.77. The highest BCUT2D eigenvalue weighted by atomic mass is 32.2. The van der Waals surface area contributed by atoms with Crippen molar-refractivity contribution in [1.29, 1.82) is 0 Å². The molecule has 0 aliphatic carbocycles. The fourth-order valence-corrected chi connectivity index (χ4v) is 5.47. The van der Waals surface area contributed by atoms with Crippen molar-refractivity contribution in [2.75, 3.05) is 10.5 Å². The number of carboxylic acid groups (broad SMARTS) is 1. The molecule has 33 heavy (non-hydrogen) atoms. The zero-order valence-corrected chi connectivity index (χ0v) is 19.7. The molecule has 0 atom stereocenters. The van der Waals surface area contributed by atoms with Crippen molar-refractivity contribution in [3.63, 3.8) is 0 Å². The van der Waals surface area contributed by atoms with Crippen molar-refractivity contribution in [3.8, 4) is 5.75 Å². The highest BCUT2D eigenvalue weighted by Crippen LogP contribution is 2.40. The Bertz CT molecular complexity index is 1480. The van der Waals surface area contributed by atoms with Crippen LogP contribution in [0.25, 0.3) is 21.5 Å². The number of benzene rings is 4. The summed E-state index contributed by atoms with van der Waals surface area (Å²) in [5, 5.41) is 22.3. The lowest BCUT2D eigenvalue weighted by atomic mass is 9.99. The van der Waals surface area contributed by atoms with Crippen molar-refractivity contribution in [1.82, 2.24) is 0 Å². The molecule has 0 unspecified atom stereocenters. The maximum Gasteiger partial charge on any atom is 0.313 e. The number of phenols is 1. The first-order valence-electron chi connectivity index (χ1n) is 10.3. The van der Waals surface area contributed by atoms with E-state index >= 15 is 0 Å². The minimum absolute atomic E-state index is 0.0774. The molecule has 0 aromatic heterocycles. The SMILES string of the molecule is CC(C)c1ccc2cc(S(=O)(=O)Nc3cc(SCC(=O)O)c(O)c4ccccc34)ccc2c1. The molecule has 8 heteroatoms. The summed E-state index contributed by atoms with van der Waals surface area (Å²) in [4.78, 5) is 11.4. The molecule has 4 aromatic carbocycles. The van der Waals surface area contributed by atoms with Gasteiger partial charge in [0.2, 0.25) is 0 Å². The first-order valence-corrected chi connectivity index (χ1v) is 12.8. The number of phenolic OH excluding ortho intramolecular Hbond substituents is 1. The molecule has 0 saturated carbocycles. The van der Waals surface area contributed by atoms with Crippen molar-refractivity contribution >= 4 is 55.0 Å². The number of nitrogens with one attached hydrogen (secondary N) is 1. The maximum absolute atomic E-state index is 13.3. The molecule has 0 fully saturated rings. The van der Waals surface area contributed by atoms with Crippen LogP contribution in [-0.4, -0.2) is 30.4 Å². The monoisotopic (exact) mass is 481 g/mol. The third-order valence-electron chi connectivity index (χ3n) is 5.39. The van der Waals surface area contributed by atoms with E-state index in [9.17, 15) is 18.3 Å². The van der Waals surface area contributed by atoms with Gasteiger partial charge in [0.25, 0.3) is 10.0 Å². The van der Waals surface area contributed by atoms with E-state index < -0.39 is 16.0 Å². The van der Waals surface area contributed by atoms with Crippen molar-refractivity contribution < 1.29 is 23.4 Å². The fourth-order valence-electron chi connectivity index (χ4n) is 3.64. The molecule has 0 saturated heterocycles. The van der Waals surface area contributed by atoms with Gasteiger partial charge in [-0.05, 0) is 40.5 Å². The number of anilines is 1. The summed E-state index contributed by atoms with van der Waals surface area (Å²) in [5.74, 6) is -1.01. The van der Waals surface area contributed by atoms with Gasteiger partial charge in [0.15, 0.2) is 0 Å². The Morgan fingerprint density at radius 1 is 0.970 bits per heavy atom. The maximum atomic E-state index is 13.3. The summed E-state index contributed by atoms with van der Waals surface area (Å²) >= 11 is 0.927. The van der Waals surface area contributed by atoms with Crippen LogP contribution in [-0.2, 0) is 14.8 Å². The lowest BCUT2D eigenvalue weighted by molar-refractivity contribution is -0.133. The molecule has 4 rings (SSSR count). The van der Waals surface area contributed by atoms with Gasteiger partial charge in [-0.2, -0.15) is 0 Å². The summed E-state index contributed by atoms with van der Waals surface area (Å²) < 4.78 is 29.1. The number of sulfonamides is 1. The summed E-state index contributed by atoms with van der Waals surface area (Å²) in [6.45, 7) is 4.21. The van der Waals surface area contributed by atoms with E-state index in [1.807, 2.05) is 12.1 Å². The number of fused-ring (bicyclic) bond motifs is 2. The van der Waals surface area contributed by atoms with Crippen LogP contribution in [0.2, 0.25) is 0 Å². The Kier molecular flexibility index (Phi) is 6.23. The van der Waals surface area contributed by atoms with E-state index in [1.54, 1.807) is 42.5 Å². The van der Waals surface area contributed by atoms with Gasteiger partial charge >= 0.3 is 5.97 Å². The Morgan fingerprint density at radius 3 is 2.33 bits per heavy atom. The third-order valence-corrected chi connectivity index (χ3v) is 7.77. The zero-order valence-electron chi connectivity index (χ0n) is 18.1. The molecule has 4 aromatic rings. The molecular weight excluding hydrogens is 458 g/mol. The van der Waals surface area contributed by atoms with Gasteiger partial charge in [-0.1, -0.05) is 62.4 Å². The van der Waals surface area contributed by atoms with E-state index in [0.717, 1.165) is 22.5 Å². The van der Waals surface area contributed by atoms with Crippen molar-refractivity contribution in [2.45, 2.75) is 29.6 Å². The largest absolute Gasteiger partial charge is 0.506 e. The van der Waals surface area contributed by atoms with Gasteiger partial charge in [-0.25, -0.2) is 8.42 Å². The van der Waals surface area contributed by atoms with E-state index in [4.69, 9.17) is 5.11 Å². The summed E-state index contributed by atoms with van der Waals surface area (Å²) in [6.07, 6.45) is 0. The van der Waals surface area contributed by atoms with Crippen molar-refractivity contribution in [3.05, 3.63) is 72.3 Å². The molecule has 0 aliphatic rings. The summed E-state index contributed by atoms with van der Waals surface area (Å²) in [7, 11) is -3.94. The quantitative estimate of drug-likeness (QED) is 0.228. The van der Waals surface area contributed by atoms with E-state index in [2.05, 4.69) is 24.6 Å². The number of carbonyl (C=O) groups is 1. The molecule has 0 heterocycles. The number of rotatable bonds is 7. The minimum Gasteiger partial charge on any atom is -0.506 e. The molecule has 6 nitrogen and oxygen atoms in total. The van der Waals surface area contributed by atoms with Crippen LogP contribution in [0.4, 0.5) is 5.69 Å². The second kappa shape index (κ2) is 8.96.